The molecule has 4 rings (SSSR count). The Labute approximate surface area is 191 Å². The number of carbonyl (C=O) groups excluding carboxylic acids is 1. The lowest BCUT2D eigenvalue weighted by atomic mass is 9.91. The van der Waals surface area contributed by atoms with Gasteiger partial charge in [-0.3, -0.25) is 15.1 Å². The second kappa shape index (κ2) is 8.31. The highest BCUT2D eigenvalue weighted by molar-refractivity contribution is 6.34. The average molecular weight is 481 g/mol. The predicted molar refractivity (Wildman–Crippen MR) is 117 cm³/mol. The summed E-state index contributed by atoms with van der Waals surface area (Å²) < 4.78 is 42.3. The summed E-state index contributed by atoms with van der Waals surface area (Å²) in [7, 11) is 0. The molecular formula is C23H17Cl2F3N2O2. The van der Waals surface area contributed by atoms with Crippen LogP contribution in [0.1, 0.15) is 27.9 Å². The predicted octanol–water partition coefficient (Wildman–Crippen LogP) is 6.05. The molecule has 1 aliphatic heterocycles. The van der Waals surface area contributed by atoms with Crippen LogP contribution in [0, 0.1) is 0 Å². The van der Waals surface area contributed by atoms with Gasteiger partial charge in [0.05, 0.1) is 0 Å². The summed E-state index contributed by atoms with van der Waals surface area (Å²) in [6.07, 6.45) is -3.10. The minimum absolute atomic E-state index is 0.0718. The van der Waals surface area contributed by atoms with E-state index in [1.807, 2.05) is 12.1 Å². The first-order chi connectivity index (χ1) is 15.1. The fourth-order valence-corrected chi connectivity index (χ4v) is 4.38. The Bertz CT molecular complexity index is 1220. The Kier molecular flexibility index (Phi) is 5.83. The zero-order valence-corrected chi connectivity index (χ0v) is 18.0. The van der Waals surface area contributed by atoms with Crippen LogP contribution in [0.3, 0.4) is 0 Å². The molecule has 0 aliphatic carbocycles. The summed E-state index contributed by atoms with van der Waals surface area (Å²) in [6.45, 7) is 0. The Hall–Kier alpha value is -2.74. The highest BCUT2D eigenvalue weighted by Crippen LogP contribution is 2.47. The number of hydrogen-bond acceptors (Lipinski definition) is 3. The summed E-state index contributed by atoms with van der Waals surface area (Å²) in [5.41, 5.74) is 6.45. The molecule has 3 aromatic rings. The van der Waals surface area contributed by atoms with Gasteiger partial charge in [-0.1, -0.05) is 53.5 Å². The number of primary amides is 1. The van der Waals surface area contributed by atoms with Crippen LogP contribution >= 0.6 is 23.2 Å². The Morgan fingerprint density at radius 2 is 1.66 bits per heavy atom. The van der Waals surface area contributed by atoms with Crippen LogP contribution in [0.4, 0.5) is 13.2 Å². The Balaban J connectivity index is 1.66. The number of fused-ring (bicyclic) bond motifs is 1. The van der Waals surface area contributed by atoms with Gasteiger partial charge in [0, 0.05) is 26.9 Å². The van der Waals surface area contributed by atoms with Crippen LogP contribution in [-0.4, -0.2) is 12.1 Å². The third-order valence-corrected chi connectivity index (χ3v) is 5.81. The van der Waals surface area contributed by atoms with E-state index in [-0.39, 0.29) is 27.7 Å². The van der Waals surface area contributed by atoms with Crippen LogP contribution in [-0.2, 0) is 16.9 Å². The van der Waals surface area contributed by atoms with Crippen molar-refractivity contribution in [3.63, 3.8) is 0 Å². The number of hydroxylamine groups is 1. The topological polar surface area (TPSA) is 64.4 Å². The maximum absolute atomic E-state index is 14.1. The van der Waals surface area contributed by atoms with Crippen molar-refractivity contribution in [1.82, 2.24) is 5.48 Å². The molecule has 9 heteroatoms. The quantitative estimate of drug-likeness (QED) is 0.466. The van der Waals surface area contributed by atoms with Gasteiger partial charge in [0.15, 0.2) is 0 Å². The van der Waals surface area contributed by atoms with Crippen molar-refractivity contribution in [3.8, 4) is 0 Å². The van der Waals surface area contributed by atoms with E-state index in [1.165, 1.54) is 18.2 Å². The first-order valence-electron chi connectivity index (χ1n) is 9.60. The number of carbonyl (C=O) groups is 1. The van der Waals surface area contributed by atoms with Gasteiger partial charge >= 0.3 is 6.18 Å². The molecule has 1 atom stereocenters. The van der Waals surface area contributed by atoms with E-state index in [9.17, 15) is 18.0 Å². The lowest BCUT2D eigenvalue weighted by Gasteiger charge is -2.28. The van der Waals surface area contributed by atoms with Crippen LogP contribution in [0.2, 0.25) is 10.0 Å². The second-order valence-corrected chi connectivity index (χ2v) is 8.32. The number of aryl methyl sites for hydroxylation is 1. The molecule has 4 nitrogen and oxygen atoms in total. The largest absolute Gasteiger partial charge is 0.428 e. The zero-order chi connectivity index (χ0) is 23.1. The summed E-state index contributed by atoms with van der Waals surface area (Å²) in [6, 6.07) is 14.3. The minimum atomic E-state index is -4.76. The van der Waals surface area contributed by atoms with Crippen molar-refractivity contribution in [2.24, 2.45) is 5.73 Å². The fraction of sp³-hybridized carbons (Fsp3) is 0.174. The molecule has 1 heterocycles. The van der Waals surface area contributed by atoms with Crippen LogP contribution in [0.5, 0.6) is 0 Å². The molecule has 1 unspecified atom stereocenters. The fourth-order valence-electron chi connectivity index (χ4n) is 3.85. The number of hydrogen-bond donors (Lipinski definition) is 2. The van der Waals surface area contributed by atoms with Crippen molar-refractivity contribution in [2.75, 3.05) is 0 Å². The maximum Gasteiger partial charge on any atom is 0.428 e. The molecule has 0 aromatic heterocycles. The van der Waals surface area contributed by atoms with Crippen molar-refractivity contribution in [2.45, 2.75) is 24.6 Å². The molecule has 1 aliphatic rings. The van der Waals surface area contributed by atoms with E-state index in [4.69, 9.17) is 33.8 Å². The van der Waals surface area contributed by atoms with Crippen LogP contribution < -0.4 is 11.2 Å². The van der Waals surface area contributed by atoms with Gasteiger partial charge in [0.2, 0.25) is 11.5 Å². The lowest BCUT2D eigenvalue weighted by molar-refractivity contribution is -0.270. The molecular weight excluding hydrogens is 464 g/mol. The molecule has 0 radical (unpaired) electrons. The van der Waals surface area contributed by atoms with E-state index in [2.05, 4.69) is 5.48 Å². The number of alkyl halides is 3. The monoisotopic (exact) mass is 480 g/mol. The van der Waals surface area contributed by atoms with Gasteiger partial charge in [-0.2, -0.15) is 13.2 Å². The normalized spacial score (nSPS) is 18.5. The SMILES string of the molecule is NC(=O)c1ccc(CCC2=CC(c3cc(Cl)cc(Cl)c3)(C(F)(F)F)ON2)c2ccccc12. The van der Waals surface area contributed by atoms with Crippen LogP contribution in [0.15, 0.2) is 66.4 Å². The van der Waals surface area contributed by atoms with E-state index in [0.717, 1.165) is 17.0 Å². The third kappa shape index (κ3) is 4.03. The second-order valence-electron chi connectivity index (χ2n) is 7.45. The van der Waals surface area contributed by atoms with Crippen molar-refractivity contribution in [3.05, 3.63) is 93.1 Å². The van der Waals surface area contributed by atoms with E-state index < -0.39 is 17.7 Å². The number of rotatable bonds is 5. The molecule has 0 saturated carbocycles. The molecule has 0 spiro atoms. The summed E-state index contributed by atoms with van der Waals surface area (Å²) in [4.78, 5) is 16.8. The Morgan fingerprint density at radius 3 is 2.28 bits per heavy atom. The highest BCUT2D eigenvalue weighted by Gasteiger charge is 2.59. The number of nitrogens with one attached hydrogen (secondary N) is 1. The number of benzene rings is 3. The van der Waals surface area contributed by atoms with Crippen LogP contribution in [0.25, 0.3) is 10.8 Å². The van der Waals surface area contributed by atoms with Crippen molar-refractivity contribution in [1.29, 1.82) is 0 Å². The maximum atomic E-state index is 14.1. The van der Waals surface area contributed by atoms with E-state index >= 15 is 0 Å². The Morgan fingerprint density at radius 1 is 1.00 bits per heavy atom. The summed E-state index contributed by atoms with van der Waals surface area (Å²) in [5.74, 6) is -0.545. The van der Waals surface area contributed by atoms with E-state index in [1.54, 1.807) is 24.3 Å². The van der Waals surface area contributed by atoms with Gasteiger partial charge in [-0.25, -0.2) is 0 Å². The first kappa shape index (κ1) is 22.5. The molecule has 1 amide bonds. The number of amides is 1. The molecule has 32 heavy (non-hydrogen) atoms. The standard InChI is InChI=1S/C23H17Cl2F3N2O2/c24-15-9-14(10-16(25)11-15)22(23(26,27)28)12-17(30-32-22)7-5-13-6-8-20(21(29)31)19-4-2-1-3-18(13)19/h1-4,6,8-12,30H,5,7H2,(H2,29,31). The number of halogens is 5. The van der Waals surface area contributed by atoms with E-state index in [0.29, 0.717) is 17.4 Å². The molecule has 3 N–H and O–H groups in total. The van der Waals surface area contributed by atoms with Crippen molar-refractivity contribution >= 4 is 39.9 Å². The third-order valence-electron chi connectivity index (χ3n) is 5.38. The smallest absolute Gasteiger partial charge is 0.366 e. The number of nitrogens with two attached hydrogens (primary N) is 1. The number of allylic oxidation sites excluding steroid dienone is 1. The average Bonchev–Trinajstić information content (AvgIpc) is 3.17. The molecule has 166 valence electrons. The van der Waals surface area contributed by atoms with Gasteiger partial charge in [-0.15, -0.1) is 0 Å². The van der Waals surface area contributed by atoms with Gasteiger partial charge in [-0.05, 0) is 59.5 Å². The summed E-state index contributed by atoms with van der Waals surface area (Å²) in [5, 5.41) is 1.65. The minimum Gasteiger partial charge on any atom is -0.366 e. The molecule has 0 fully saturated rings. The lowest BCUT2D eigenvalue weighted by Crippen LogP contribution is -2.42. The van der Waals surface area contributed by atoms with Gasteiger partial charge in [0.25, 0.3) is 0 Å². The van der Waals surface area contributed by atoms with Gasteiger partial charge < -0.3 is 5.73 Å². The zero-order valence-electron chi connectivity index (χ0n) is 16.5. The molecule has 3 aromatic carbocycles. The molecule has 0 saturated heterocycles. The van der Waals surface area contributed by atoms with Gasteiger partial charge in [0.1, 0.15) is 0 Å². The highest BCUT2D eigenvalue weighted by atomic mass is 35.5. The molecule has 0 bridgehead atoms. The van der Waals surface area contributed by atoms with Crippen molar-refractivity contribution < 1.29 is 22.8 Å². The first-order valence-corrected chi connectivity index (χ1v) is 10.4. The summed E-state index contributed by atoms with van der Waals surface area (Å²) >= 11 is 11.9.